The summed E-state index contributed by atoms with van der Waals surface area (Å²) in [5, 5.41) is 6.35. The van der Waals surface area contributed by atoms with E-state index in [1.54, 1.807) is 30.1 Å². The minimum Gasteiger partial charge on any atom is -0.492 e. The van der Waals surface area contributed by atoms with Crippen molar-refractivity contribution in [3.63, 3.8) is 0 Å². The molecule has 0 aliphatic heterocycles. The fourth-order valence-corrected chi connectivity index (χ4v) is 2.75. The quantitative estimate of drug-likeness (QED) is 0.375. The van der Waals surface area contributed by atoms with Crippen LogP contribution in [0.25, 0.3) is 5.69 Å². The first-order valence-electron chi connectivity index (χ1n) is 9.08. The van der Waals surface area contributed by atoms with Gasteiger partial charge in [-0.15, -0.1) is 0 Å². The molecule has 0 spiro atoms. The number of ether oxygens (including phenoxy) is 1. The predicted octanol–water partition coefficient (Wildman–Crippen LogP) is 3.06. The maximum atomic E-state index is 14.5. The monoisotopic (exact) mass is 381 g/mol. The van der Waals surface area contributed by atoms with Gasteiger partial charge in [-0.1, -0.05) is 24.3 Å². The number of guanidine groups is 1. The number of hydrogen-bond donors (Lipinski definition) is 2. The molecule has 1 heterocycles. The van der Waals surface area contributed by atoms with Crippen LogP contribution < -0.4 is 15.4 Å². The lowest BCUT2D eigenvalue weighted by atomic mass is 10.2. The first-order valence-corrected chi connectivity index (χ1v) is 9.08. The van der Waals surface area contributed by atoms with E-state index >= 15 is 0 Å². The number of nitrogens with zero attached hydrogens (tertiary/aromatic N) is 3. The third-order valence-corrected chi connectivity index (χ3v) is 4.19. The number of benzene rings is 2. The van der Waals surface area contributed by atoms with E-state index < -0.39 is 0 Å². The highest BCUT2D eigenvalue weighted by molar-refractivity contribution is 5.79. The zero-order chi connectivity index (χ0) is 19.8. The number of aliphatic imine (C=N–C) groups is 1. The van der Waals surface area contributed by atoms with Gasteiger partial charge in [-0.05, 0) is 36.8 Å². The fraction of sp³-hybridized carbons (Fsp3) is 0.238. The first kappa shape index (κ1) is 19.4. The van der Waals surface area contributed by atoms with E-state index in [1.165, 1.54) is 6.07 Å². The molecule has 28 heavy (non-hydrogen) atoms. The number of rotatable bonds is 7. The third-order valence-electron chi connectivity index (χ3n) is 4.19. The number of hydrogen-bond acceptors (Lipinski definition) is 3. The highest BCUT2D eigenvalue weighted by atomic mass is 19.1. The van der Waals surface area contributed by atoms with Crippen LogP contribution in [0.1, 0.15) is 11.4 Å². The van der Waals surface area contributed by atoms with Gasteiger partial charge in [0.05, 0.1) is 12.2 Å². The molecule has 0 saturated carbocycles. The molecule has 0 atom stereocenters. The Morgan fingerprint density at radius 1 is 1.18 bits per heavy atom. The van der Waals surface area contributed by atoms with E-state index in [4.69, 9.17) is 4.74 Å². The lowest BCUT2D eigenvalue weighted by Crippen LogP contribution is -2.38. The van der Waals surface area contributed by atoms with Crippen LogP contribution in [0.5, 0.6) is 5.75 Å². The van der Waals surface area contributed by atoms with E-state index in [2.05, 4.69) is 20.6 Å². The smallest absolute Gasteiger partial charge is 0.191 e. The molecule has 6 nitrogen and oxygen atoms in total. The lowest BCUT2D eigenvalue weighted by molar-refractivity contribution is 0.322. The van der Waals surface area contributed by atoms with Crippen LogP contribution in [0.3, 0.4) is 0 Å². The molecule has 3 rings (SSSR count). The predicted molar refractivity (Wildman–Crippen MR) is 108 cm³/mol. The maximum Gasteiger partial charge on any atom is 0.191 e. The van der Waals surface area contributed by atoms with Gasteiger partial charge in [0.1, 0.15) is 24.0 Å². The minimum atomic E-state index is -0.292. The number of imidazole rings is 1. The van der Waals surface area contributed by atoms with Crippen LogP contribution in [0.15, 0.2) is 65.9 Å². The van der Waals surface area contributed by atoms with Gasteiger partial charge in [0.15, 0.2) is 5.96 Å². The summed E-state index contributed by atoms with van der Waals surface area (Å²) < 4.78 is 21.8. The fourth-order valence-electron chi connectivity index (χ4n) is 2.75. The molecular formula is C21H24FN5O. The molecular weight excluding hydrogens is 357 g/mol. The Bertz CT molecular complexity index is 924. The van der Waals surface area contributed by atoms with Crippen molar-refractivity contribution in [2.45, 2.75) is 13.5 Å². The summed E-state index contributed by atoms with van der Waals surface area (Å²) in [5.74, 6) is 1.91. The van der Waals surface area contributed by atoms with Gasteiger partial charge in [0, 0.05) is 26.0 Å². The lowest BCUT2D eigenvalue weighted by Gasteiger charge is -2.13. The summed E-state index contributed by atoms with van der Waals surface area (Å²) in [5.41, 5.74) is 1.31. The van der Waals surface area contributed by atoms with Gasteiger partial charge in [-0.25, -0.2) is 9.37 Å². The molecule has 0 saturated heterocycles. The summed E-state index contributed by atoms with van der Waals surface area (Å²) in [6.45, 7) is 3.41. The van der Waals surface area contributed by atoms with Gasteiger partial charge in [0.2, 0.25) is 0 Å². The number of halogens is 1. The van der Waals surface area contributed by atoms with E-state index in [0.717, 1.165) is 17.1 Å². The molecule has 7 heteroatoms. The Kier molecular flexibility index (Phi) is 6.62. The van der Waals surface area contributed by atoms with Gasteiger partial charge in [-0.3, -0.25) is 4.99 Å². The van der Waals surface area contributed by atoms with Gasteiger partial charge >= 0.3 is 0 Å². The van der Waals surface area contributed by atoms with E-state index in [-0.39, 0.29) is 5.82 Å². The number of aryl methyl sites for hydroxylation is 1. The van der Waals surface area contributed by atoms with Crippen molar-refractivity contribution in [1.29, 1.82) is 0 Å². The topological polar surface area (TPSA) is 63.5 Å². The van der Waals surface area contributed by atoms with E-state index in [1.807, 2.05) is 43.3 Å². The standard InChI is InChI=1S/C21H24FN5O/c1-16-24-10-12-27(16)20-9-8-17(14-19(20)22)15-26-21(23-2)25-11-13-28-18-6-4-3-5-7-18/h3-10,12,14H,11,13,15H2,1-2H3,(H2,23,25,26). The number of para-hydroxylation sites is 1. The Hall–Kier alpha value is -3.35. The molecule has 0 radical (unpaired) electrons. The second-order valence-corrected chi connectivity index (χ2v) is 6.14. The Balaban J connectivity index is 1.48. The molecule has 0 bridgehead atoms. The molecule has 0 aliphatic carbocycles. The Labute approximate surface area is 164 Å². The number of nitrogens with one attached hydrogen (secondary N) is 2. The molecule has 2 aromatic carbocycles. The molecule has 1 aromatic heterocycles. The second-order valence-electron chi connectivity index (χ2n) is 6.14. The maximum absolute atomic E-state index is 14.5. The Morgan fingerprint density at radius 2 is 2.00 bits per heavy atom. The molecule has 0 aliphatic rings. The summed E-state index contributed by atoms with van der Waals surface area (Å²) in [6.07, 6.45) is 3.40. The summed E-state index contributed by atoms with van der Waals surface area (Å²) >= 11 is 0. The van der Waals surface area contributed by atoms with Gasteiger partial charge in [-0.2, -0.15) is 0 Å². The van der Waals surface area contributed by atoms with Crippen molar-refractivity contribution in [2.24, 2.45) is 4.99 Å². The van der Waals surface area contributed by atoms with Crippen molar-refractivity contribution in [1.82, 2.24) is 20.2 Å². The summed E-state index contributed by atoms with van der Waals surface area (Å²) in [6, 6.07) is 14.8. The largest absolute Gasteiger partial charge is 0.492 e. The zero-order valence-corrected chi connectivity index (χ0v) is 16.0. The van der Waals surface area contributed by atoms with Crippen LogP contribution in [-0.4, -0.2) is 35.7 Å². The SMILES string of the molecule is CN=C(NCCOc1ccccc1)NCc1ccc(-n2ccnc2C)c(F)c1. The van der Waals surface area contributed by atoms with Crippen LogP contribution in [0.2, 0.25) is 0 Å². The normalized spacial score (nSPS) is 11.3. The average Bonchev–Trinajstić information content (AvgIpc) is 3.14. The highest BCUT2D eigenvalue weighted by Gasteiger charge is 2.08. The zero-order valence-electron chi connectivity index (χ0n) is 16.0. The minimum absolute atomic E-state index is 0.292. The van der Waals surface area contributed by atoms with Gasteiger partial charge < -0.3 is 19.9 Å². The molecule has 0 amide bonds. The summed E-state index contributed by atoms with van der Waals surface area (Å²) in [7, 11) is 1.69. The Morgan fingerprint density at radius 3 is 2.68 bits per heavy atom. The van der Waals surface area contributed by atoms with Gasteiger partial charge in [0.25, 0.3) is 0 Å². The third kappa shape index (κ3) is 5.09. The second kappa shape index (κ2) is 9.55. The van der Waals surface area contributed by atoms with Crippen molar-refractivity contribution in [2.75, 3.05) is 20.2 Å². The van der Waals surface area contributed by atoms with Crippen molar-refractivity contribution in [3.05, 3.63) is 78.1 Å². The van der Waals surface area contributed by atoms with Crippen LogP contribution in [0.4, 0.5) is 4.39 Å². The molecule has 0 unspecified atom stereocenters. The molecule has 146 valence electrons. The highest BCUT2D eigenvalue weighted by Crippen LogP contribution is 2.16. The van der Waals surface area contributed by atoms with E-state index in [9.17, 15) is 4.39 Å². The average molecular weight is 381 g/mol. The first-order chi connectivity index (χ1) is 13.7. The number of aromatic nitrogens is 2. The molecule has 2 N–H and O–H groups in total. The van der Waals surface area contributed by atoms with Crippen LogP contribution in [-0.2, 0) is 6.54 Å². The van der Waals surface area contributed by atoms with Crippen molar-refractivity contribution < 1.29 is 9.13 Å². The van der Waals surface area contributed by atoms with E-state index in [0.29, 0.717) is 31.3 Å². The molecule has 0 fully saturated rings. The molecule has 3 aromatic rings. The summed E-state index contributed by atoms with van der Waals surface area (Å²) in [4.78, 5) is 8.30. The van der Waals surface area contributed by atoms with Crippen molar-refractivity contribution in [3.8, 4) is 11.4 Å². The van der Waals surface area contributed by atoms with Crippen LogP contribution >= 0.6 is 0 Å². The van der Waals surface area contributed by atoms with Crippen LogP contribution in [0, 0.1) is 12.7 Å². The van der Waals surface area contributed by atoms with Crippen molar-refractivity contribution >= 4 is 5.96 Å².